The molecule has 1 aromatic heterocycles. The fraction of sp³-hybridized carbons (Fsp3) is 0.286. The monoisotopic (exact) mass is 444 g/mol. The van der Waals surface area contributed by atoms with Gasteiger partial charge in [-0.1, -0.05) is 40.0 Å². The second-order valence-corrected chi connectivity index (χ2v) is 9.22. The highest BCUT2D eigenvalue weighted by Gasteiger charge is 2.21. The molecular formula is C21H21BrN2O2S. The summed E-state index contributed by atoms with van der Waals surface area (Å²) in [4.78, 5) is 0.264. The van der Waals surface area contributed by atoms with Crippen LogP contribution in [0.2, 0.25) is 0 Å². The van der Waals surface area contributed by atoms with Gasteiger partial charge in [-0.05, 0) is 62.1 Å². The first-order valence-corrected chi connectivity index (χ1v) is 11.5. The lowest BCUT2D eigenvalue weighted by Crippen LogP contribution is -2.11. The molecule has 0 aliphatic rings. The van der Waals surface area contributed by atoms with Crippen molar-refractivity contribution in [2.24, 2.45) is 0 Å². The molecule has 0 N–H and O–H groups in total. The standard InChI is InChI=1S/C21H21BrN2O2S/c1-16-6-9-19(10-7-16)27(25,26)24-15-18(5-3-2-4-12-22)20-13-17(14-23)8-11-21(20)24/h6-11,13,15H,2-5,12H2,1H3. The Morgan fingerprint density at radius 1 is 1.07 bits per heavy atom. The number of halogens is 1. The van der Waals surface area contributed by atoms with Crippen LogP contribution in [-0.4, -0.2) is 17.7 Å². The van der Waals surface area contributed by atoms with Gasteiger partial charge in [-0.3, -0.25) is 0 Å². The predicted molar refractivity (Wildman–Crippen MR) is 112 cm³/mol. The van der Waals surface area contributed by atoms with E-state index in [-0.39, 0.29) is 4.90 Å². The van der Waals surface area contributed by atoms with E-state index >= 15 is 0 Å². The number of aryl methyl sites for hydroxylation is 2. The molecule has 2 aromatic carbocycles. The summed E-state index contributed by atoms with van der Waals surface area (Å²) in [6.07, 6.45) is 5.64. The Morgan fingerprint density at radius 2 is 1.81 bits per heavy atom. The number of aromatic nitrogens is 1. The fourth-order valence-corrected chi connectivity index (χ4v) is 4.93. The molecule has 4 nitrogen and oxygen atoms in total. The van der Waals surface area contributed by atoms with Gasteiger partial charge in [-0.15, -0.1) is 0 Å². The van der Waals surface area contributed by atoms with Crippen molar-refractivity contribution in [2.75, 3.05) is 5.33 Å². The Kier molecular flexibility index (Phi) is 6.03. The Labute approximate surface area is 168 Å². The molecule has 0 aliphatic heterocycles. The molecule has 0 saturated carbocycles. The Bertz CT molecular complexity index is 1090. The lowest BCUT2D eigenvalue weighted by molar-refractivity contribution is 0.589. The molecule has 0 atom stereocenters. The summed E-state index contributed by atoms with van der Waals surface area (Å²) in [6, 6.07) is 14.2. The minimum atomic E-state index is -3.69. The fourth-order valence-electron chi connectivity index (χ4n) is 3.14. The van der Waals surface area contributed by atoms with Crippen molar-refractivity contribution in [3.05, 3.63) is 65.4 Å². The average Bonchev–Trinajstić information content (AvgIpc) is 3.04. The first-order chi connectivity index (χ1) is 13.0. The number of fused-ring (bicyclic) bond motifs is 1. The highest BCUT2D eigenvalue weighted by Crippen LogP contribution is 2.28. The van der Waals surface area contributed by atoms with E-state index in [4.69, 9.17) is 0 Å². The first-order valence-electron chi connectivity index (χ1n) is 8.89. The van der Waals surface area contributed by atoms with Crippen molar-refractivity contribution in [3.63, 3.8) is 0 Å². The number of alkyl halides is 1. The van der Waals surface area contributed by atoms with E-state index in [1.54, 1.807) is 48.7 Å². The van der Waals surface area contributed by atoms with Crippen LogP contribution in [0.15, 0.2) is 53.6 Å². The molecule has 0 spiro atoms. The molecule has 0 amide bonds. The van der Waals surface area contributed by atoms with Crippen molar-refractivity contribution in [1.82, 2.24) is 3.97 Å². The summed E-state index contributed by atoms with van der Waals surface area (Å²) >= 11 is 3.44. The molecule has 27 heavy (non-hydrogen) atoms. The van der Waals surface area contributed by atoms with Crippen molar-refractivity contribution < 1.29 is 8.42 Å². The summed E-state index contributed by atoms with van der Waals surface area (Å²) in [7, 11) is -3.69. The van der Waals surface area contributed by atoms with Crippen LogP contribution in [0.4, 0.5) is 0 Å². The van der Waals surface area contributed by atoms with E-state index in [1.807, 2.05) is 6.92 Å². The van der Waals surface area contributed by atoms with Gasteiger partial charge < -0.3 is 0 Å². The number of unbranched alkanes of at least 4 members (excludes halogenated alkanes) is 2. The van der Waals surface area contributed by atoms with Crippen LogP contribution in [0.25, 0.3) is 10.9 Å². The van der Waals surface area contributed by atoms with Crippen LogP contribution < -0.4 is 0 Å². The van der Waals surface area contributed by atoms with Gasteiger partial charge in [0.05, 0.1) is 22.0 Å². The molecule has 0 saturated heterocycles. The van der Waals surface area contributed by atoms with Gasteiger partial charge >= 0.3 is 0 Å². The van der Waals surface area contributed by atoms with Gasteiger partial charge in [0.15, 0.2) is 0 Å². The molecule has 0 fully saturated rings. The summed E-state index contributed by atoms with van der Waals surface area (Å²) in [5.41, 5.74) is 3.13. The number of hydrogen-bond acceptors (Lipinski definition) is 3. The van der Waals surface area contributed by atoms with Gasteiger partial charge in [-0.2, -0.15) is 5.26 Å². The molecule has 140 valence electrons. The molecule has 1 heterocycles. The third kappa shape index (κ3) is 4.10. The number of benzene rings is 2. The molecular weight excluding hydrogens is 424 g/mol. The predicted octanol–water partition coefficient (Wildman–Crippen LogP) is 5.17. The molecule has 3 rings (SSSR count). The highest BCUT2D eigenvalue weighted by molar-refractivity contribution is 9.09. The molecule has 6 heteroatoms. The molecule has 0 aliphatic carbocycles. The minimum Gasteiger partial charge on any atom is -0.241 e. The Morgan fingerprint density at radius 3 is 2.48 bits per heavy atom. The van der Waals surface area contributed by atoms with Crippen LogP contribution in [0.3, 0.4) is 0 Å². The van der Waals surface area contributed by atoms with Crippen LogP contribution in [-0.2, 0) is 16.4 Å². The van der Waals surface area contributed by atoms with Gasteiger partial charge in [0.2, 0.25) is 0 Å². The van der Waals surface area contributed by atoms with E-state index in [0.717, 1.165) is 47.5 Å². The maximum Gasteiger partial charge on any atom is 0.268 e. The van der Waals surface area contributed by atoms with Crippen molar-refractivity contribution >= 4 is 36.9 Å². The number of nitriles is 1. The quantitative estimate of drug-likeness (QED) is 0.373. The zero-order valence-electron chi connectivity index (χ0n) is 15.2. The maximum atomic E-state index is 13.2. The summed E-state index contributed by atoms with van der Waals surface area (Å²) in [5.74, 6) is 0. The average molecular weight is 445 g/mol. The molecule has 0 bridgehead atoms. The van der Waals surface area contributed by atoms with E-state index < -0.39 is 10.0 Å². The van der Waals surface area contributed by atoms with Crippen LogP contribution in [0, 0.1) is 18.3 Å². The van der Waals surface area contributed by atoms with Gasteiger partial charge in [0.1, 0.15) is 0 Å². The topological polar surface area (TPSA) is 62.9 Å². The minimum absolute atomic E-state index is 0.264. The second-order valence-electron chi connectivity index (χ2n) is 6.61. The number of nitrogens with zero attached hydrogens (tertiary/aromatic N) is 2. The van der Waals surface area contributed by atoms with Crippen LogP contribution >= 0.6 is 15.9 Å². The molecule has 0 unspecified atom stereocenters. The summed E-state index contributed by atoms with van der Waals surface area (Å²) in [5, 5.41) is 11.0. The van der Waals surface area contributed by atoms with Gasteiger partial charge in [0.25, 0.3) is 10.0 Å². The maximum absolute atomic E-state index is 13.2. The Balaban J connectivity index is 2.09. The van der Waals surface area contributed by atoms with Gasteiger partial charge in [0, 0.05) is 16.9 Å². The number of rotatable bonds is 7. The zero-order chi connectivity index (χ0) is 19.4. The summed E-state index contributed by atoms with van der Waals surface area (Å²) in [6.45, 7) is 1.93. The number of hydrogen-bond donors (Lipinski definition) is 0. The molecule has 0 radical (unpaired) electrons. The normalized spacial score (nSPS) is 11.6. The molecule has 3 aromatic rings. The largest absolute Gasteiger partial charge is 0.268 e. The first kappa shape index (κ1) is 19.7. The Hall–Kier alpha value is -2.10. The van der Waals surface area contributed by atoms with E-state index in [9.17, 15) is 13.7 Å². The zero-order valence-corrected chi connectivity index (χ0v) is 17.6. The van der Waals surface area contributed by atoms with E-state index in [1.165, 1.54) is 3.97 Å². The third-order valence-corrected chi connectivity index (χ3v) is 6.89. The third-order valence-electron chi connectivity index (χ3n) is 4.64. The smallest absolute Gasteiger partial charge is 0.241 e. The summed E-state index contributed by atoms with van der Waals surface area (Å²) < 4.78 is 27.7. The second kappa shape index (κ2) is 8.28. The van der Waals surface area contributed by atoms with E-state index in [0.29, 0.717) is 11.1 Å². The SMILES string of the molecule is Cc1ccc(S(=O)(=O)n2cc(CCCCCBr)c3cc(C#N)ccc32)cc1. The van der Waals surface area contributed by atoms with Crippen molar-refractivity contribution in [1.29, 1.82) is 5.26 Å². The van der Waals surface area contributed by atoms with Crippen LogP contribution in [0.5, 0.6) is 0 Å². The van der Waals surface area contributed by atoms with Crippen molar-refractivity contribution in [2.45, 2.75) is 37.5 Å². The van der Waals surface area contributed by atoms with Crippen LogP contribution in [0.1, 0.15) is 36.0 Å². The van der Waals surface area contributed by atoms with E-state index in [2.05, 4.69) is 22.0 Å². The highest BCUT2D eigenvalue weighted by atomic mass is 79.9. The lowest BCUT2D eigenvalue weighted by Gasteiger charge is -2.08. The van der Waals surface area contributed by atoms with Crippen molar-refractivity contribution in [3.8, 4) is 6.07 Å². The van der Waals surface area contributed by atoms with Gasteiger partial charge in [-0.25, -0.2) is 12.4 Å². The lowest BCUT2D eigenvalue weighted by atomic mass is 10.0.